The van der Waals surface area contributed by atoms with Crippen LogP contribution in [0.5, 0.6) is 0 Å². The van der Waals surface area contributed by atoms with Crippen molar-refractivity contribution in [3.63, 3.8) is 0 Å². The number of allylic oxidation sites excluding steroid dienone is 18. The highest BCUT2D eigenvalue weighted by molar-refractivity contribution is 7.45. The Kier molecular flexibility index (Phi) is 67.4. The molecule has 9 nitrogen and oxygen atoms in total. The lowest BCUT2D eigenvalue weighted by atomic mass is 10.0. The van der Waals surface area contributed by atoms with E-state index in [0.29, 0.717) is 17.4 Å². The lowest BCUT2D eigenvalue weighted by Gasteiger charge is -2.28. The van der Waals surface area contributed by atoms with Gasteiger partial charge in [-0.3, -0.25) is 14.2 Å². The van der Waals surface area contributed by atoms with Crippen molar-refractivity contribution < 1.29 is 42.1 Å². The van der Waals surface area contributed by atoms with E-state index < -0.39 is 26.5 Å². The summed E-state index contributed by atoms with van der Waals surface area (Å²) in [5, 5.41) is 0. The van der Waals surface area contributed by atoms with Crippen LogP contribution < -0.4 is 4.89 Å². The number of hydrogen-bond donors (Lipinski definition) is 0. The molecule has 0 aliphatic carbocycles. The first-order valence-corrected chi connectivity index (χ1v) is 39.1. The van der Waals surface area contributed by atoms with Crippen LogP contribution in [0.3, 0.4) is 0 Å². The first-order valence-electron chi connectivity index (χ1n) is 37.6. The molecule has 0 N–H and O–H groups in total. The average Bonchev–Trinajstić information content (AvgIpc) is 3.58. The summed E-state index contributed by atoms with van der Waals surface area (Å²) in [5.74, 6) is -0.824. The summed E-state index contributed by atoms with van der Waals surface area (Å²) in [4.78, 5) is 38.1. The average molecular weight is 1280 g/mol. The second-order valence-electron chi connectivity index (χ2n) is 26.3. The number of carbonyl (C=O) groups is 2. The maximum absolute atomic E-state index is 12.9. The highest BCUT2D eigenvalue weighted by atomic mass is 31.2. The molecular weight excluding hydrogens is 1130 g/mol. The Labute approximate surface area is 556 Å². The first-order chi connectivity index (χ1) is 44.0. The Balaban J connectivity index is 4.01. The third kappa shape index (κ3) is 73.7. The number of carbonyl (C=O) groups excluding carboxylic acids is 2. The molecule has 0 saturated heterocycles. The van der Waals surface area contributed by atoms with Gasteiger partial charge in [-0.05, 0) is 103 Å². The highest BCUT2D eigenvalue weighted by Crippen LogP contribution is 2.38. The third-order valence-electron chi connectivity index (χ3n) is 16.3. The molecule has 0 aliphatic rings. The molecule has 0 amide bonds. The molecule has 0 heterocycles. The summed E-state index contributed by atoms with van der Waals surface area (Å²) < 4.78 is 34.4. The topological polar surface area (TPSA) is 111 Å². The van der Waals surface area contributed by atoms with Gasteiger partial charge in [0.2, 0.25) is 0 Å². The van der Waals surface area contributed by atoms with Crippen molar-refractivity contribution in [3.8, 4) is 0 Å². The summed E-state index contributed by atoms with van der Waals surface area (Å²) >= 11 is 0. The first kappa shape index (κ1) is 86.7. The van der Waals surface area contributed by atoms with E-state index in [0.717, 1.165) is 89.9 Å². The minimum atomic E-state index is -4.65. The highest BCUT2D eigenvalue weighted by Gasteiger charge is 2.22. The monoisotopic (exact) mass is 1280 g/mol. The van der Waals surface area contributed by atoms with Gasteiger partial charge in [0.15, 0.2) is 6.10 Å². The van der Waals surface area contributed by atoms with Crippen molar-refractivity contribution in [1.29, 1.82) is 0 Å². The lowest BCUT2D eigenvalue weighted by molar-refractivity contribution is -0.870. The van der Waals surface area contributed by atoms with Gasteiger partial charge in [0.05, 0.1) is 27.7 Å². The summed E-state index contributed by atoms with van der Waals surface area (Å²) in [6, 6.07) is 0. The zero-order chi connectivity index (χ0) is 65.5. The molecule has 90 heavy (non-hydrogen) atoms. The summed E-state index contributed by atoms with van der Waals surface area (Å²) in [7, 11) is 1.17. The Morgan fingerprint density at radius 2 is 0.633 bits per heavy atom. The molecule has 2 atom stereocenters. The van der Waals surface area contributed by atoms with Crippen LogP contribution in [0.2, 0.25) is 0 Å². The summed E-state index contributed by atoms with van der Waals surface area (Å²) in [5.41, 5.74) is 0. The van der Waals surface area contributed by atoms with Gasteiger partial charge >= 0.3 is 11.9 Å². The van der Waals surface area contributed by atoms with E-state index in [2.05, 4.69) is 123 Å². The Morgan fingerprint density at radius 3 is 0.956 bits per heavy atom. The van der Waals surface area contributed by atoms with Crippen molar-refractivity contribution in [1.82, 2.24) is 0 Å². The second-order valence-corrected chi connectivity index (χ2v) is 27.7. The molecular formula is C80H142NO8P. The molecule has 0 aromatic carbocycles. The fourth-order valence-corrected chi connectivity index (χ4v) is 11.3. The molecule has 0 saturated carbocycles. The summed E-state index contributed by atoms with van der Waals surface area (Å²) in [6.07, 6.45) is 99.0. The van der Waals surface area contributed by atoms with Gasteiger partial charge in [-0.1, -0.05) is 329 Å². The minimum Gasteiger partial charge on any atom is -0.756 e. The third-order valence-corrected chi connectivity index (χ3v) is 17.2. The number of quaternary nitrogens is 1. The number of unbranched alkanes of at least 4 members (excludes halogenated alkanes) is 37. The number of phosphoric ester groups is 1. The predicted molar refractivity (Wildman–Crippen MR) is 388 cm³/mol. The molecule has 0 rings (SSSR count). The number of likely N-dealkylation sites (N-methyl/N-ethyl adjacent to an activating group) is 1. The van der Waals surface area contributed by atoms with Crippen molar-refractivity contribution in [2.45, 2.75) is 341 Å². The number of phosphoric acid groups is 1. The van der Waals surface area contributed by atoms with E-state index >= 15 is 0 Å². The van der Waals surface area contributed by atoms with Gasteiger partial charge in [-0.15, -0.1) is 0 Å². The zero-order valence-electron chi connectivity index (χ0n) is 59.3. The van der Waals surface area contributed by atoms with Gasteiger partial charge in [0.1, 0.15) is 19.8 Å². The van der Waals surface area contributed by atoms with E-state index in [4.69, 9.17) is 18.5 Å². The number of esters is 2. The zero-order valence-corrected chi connectivity index (χ0v) is 60.2. The Bertz CT molecular complexity index is 1890. The molecule has 520 valence electrons. The van der Waals surface area contributed by atoms with Crippen LogP contribution in [0.25, 0.3) is 0 Å². The van der Waals surface area contributed by atoms with Crippen LogP contribution in [0.1, 0.15) is 335 Å². The molecule has 0 spiro atoms. The van der Waals surface area contributed by atoms with Crippen LogP contribution in [0, 0.1) is 0 Å². The van der Waals surface area contributed by atoms with Gasteiger partial charge < -0.3 is 27.9 Å². The quantitative estimate of drug-likeness (QED) is 0.0195. The van der Waals surface area contributed by atoms with E-state index in [-0.39, 0.29) is 32.0 Å². The number of ether oxygens (including phenoxy) is 2. The van der Waals surface area contributed by atoms with Gasteiger partial charge in [0.25, 0.3) is 7.82 Å². The van der Waals surface area contributed by atoms with Gasteiger partial charge in [0, 0.05) is 12.8 Å². The fourth-order valence-electron chi connectivity index (χ4n) is 10.6. The van der Waals surface area contributed by atoms with Crippen molar-refractivity contribution >= 4 is 19.8 Å². The number of hydrogen-bond acceptors (Lipinski definition) is 8. The molecule has 10 heteroatoms. The molecule has 0 aromatic rings. The van der Waals surface area contributed by atoms with E-state index in [9.17, 15) is 19.0 Å². The fraction of sp³-hybridized carbons (Fsp3) is 0.750. The molecule has 0 aromatic heterocycles. The van der Waals surface area contributed by atoms with Crippen LogP contribution in [0.4, 0.5) is 0 Å². The van der Waals surface area contributed by atoms with Crippen LogP contribution in [-0.4, -0.2) is 70.0 Å². The maximum Gasteiger partial charge on any atom is 0.306 e. The van der Waals surface area contributed by atoms with Crippen LogP contribution >= 0.6 is 7.82 Å². The SMILES string of the molecule is CC/C=C\C/C=C\C/C=C\C/C=C\C/C=C\C/C=C\C/C=C\C/C=C\CCCCCCCCCCCCCCCCC(=O)OC(COC(=O)CCCCCCCCCCCCCCCCC/C=C\CCCCCCCCCC)COP(=O)([O-])OCC[N+](C)(C)C. The van der Waals surface area contributed by atoms with Gasteiger partial charge in [-0.25, -0.2) is 0 Å². The normalized spacial score (nSPS) is 13.7. The van der Waals surface area contributed by atoms with E-state index in [1.54, 1.807) is 0 Å². The van der Waals surface area contributed by atoms with Crippen LogP contribution in [0.15, 0.2) is 109 Å². The van der Waals surface area contributed by atoms with Crippen molar-refractivity contribution in [2.24, 2.45) is 0 Å². The van der Waals surface area contributed by atoms with Crippen LogP contribution in [-0.2, 0) is 32.7 Å². The van der Waals surface area contributed by atoms with E-state index in [1.807, 2.05) is 21.1 Å². The molecule has 2 unspecified atom stereocenters. The molecule has 0 bridgehead atoms. The summed E-state index contributed by atoms with van der Waals surface area (Å²) in [6.45, 7) is 4.16. The van der Waals surface area contributed by atoms with Crippen molar-refractivity contribution in [2.75, 3.05) is 47.5 Å². The Morgan fingerprint density at radius 1 is 0.356 bits per heavy atom. The standard InChI is InChI=1S/C80H142NO8P/c1-6-8-10-12-14-16-18-20-22-24-26-28-30-32-34-35-36-37-38-39-40-41-42-43-44-45-47-49-51-53-55-57-59-61-63-65-67-69-71-73-80(83)89-78(77-88-90(84,85)87-75-74-81(3,4)5)76-86-79(82)72-70-68-66-64-62-60-58-56-54-52-50-48-46-33-31-29-27-25-23-21-19-17-15-13-11-9-7-2/h8,10,14,16,20,22,25-28,32,34,36-37,39-40,42-43,78H,6-7,9,11-13,15,17-19,21,23-24,29-31,33,35,38,41,44-77H2,1-5H3/b10-8-,16-14-,22-20-,27-25-,28-26-,34-32-,37-36-,40-39-,43-42-. The lowest BCUT2D eigenvalue weighted by Crippen LogP contribution is -2.37. The van der Waals surface area contributed by atoms with Gasteiger partial charge in [-0.2, -0.15) is 0 Å². The predicted octanol–water partition coefficient (Wildman–Crippen LogP) is 24.2. The number of rotatable bonds is 69. The molecule has 0 fully saturated rings. The molecule has 0 radical (unpaired) electrons. The van der Waals surface area contributed by atoms with E-state index in [1.165, 1.54) is 212 Å². The molecule has 0 aliphatic heterocycles. The number of nitrogens with zero attached hydrogens (tertiary/aromatic N) is 1. The minimum absolute atomic E-state index is 0.0329. The second kappa shape index (κ2) is 70.0. The maximum atomic E-state index is 12.9. The van der Waals surface area contributed by atoms with Crippen molar-refractivity contribution in [3.05, 3.63) is 109 Å². The Hall–Kier alpha value is -3.33. The smallest absolute Gasteiger partial charge is 0.306 e. The largest absolute Gasteiger partial charge is 0.756 e.